The van der Waals surface area contributed by atoms with Gasteiger partial charge in [-0.2, -0.15) is 0 Å². The lowest BCUT2D eigenvalue weighted by Crippen LogP contribution is -2.25. The second-order valence-corrected chi connectivity index (χ2v) is 9.11. The van der Waals surface area contributed by atoms with E-state index in [-0.39, 0.29) is 11.5 Å². The van der Waals surface area contributed by atoms with Crippen molar-refractivity contribution in [3.8, 4) is 23.5 Å². The maximum atomic E-state index is 14.8. The van der Waals surface area contributed by atoms with E-state index in [4.69, 9.17) is 12.2 Å². The van der Waals surface area contributed by atoms with Crippen LogP contribution in [0.1, 0.15) is 22.3 Å². The van der Waals surface area contributed by atoms with Crippen molar-refractivity contribution >= 4 is 34.1 Å². The molecule has 0 aliphatic heterocycles. The molecular formula is C29H29FN6O. The third-order valence-electron chi connectivity index (χ3n) is 6.06. The molecule has 8 heteroatoms. The number of fused-ring (bicyclic) bond motifs is 1. The van der Waals surface area contributed by atoms with Crippen LogP contribution in [0.5, 0.6) is 0 Å². The minimum absolute atomic E-state index is 0.0709. The summed E-state index contributed by atoms with van der Waals surface area (Å²) in [7, 11) is 6.00. The molecule has 0 fully saturated rings. The molecule has 1 heterocycles. The van der Waals surface area contributed by atoms with E-state index < -0.39 is 11.7 Å². The molecule has 4 aromatic rings. The van der Waals surface area contributed by atoms with Gasteiger partial charge in [-0.05, 0) is 80.7 Å². The Labute approximate surface area is 216 Å². The van der Waals surface area contributed by atoms with Gasteiger partial charge in [0.1, 0.15) is 5.82 Å². The lowest BCUT2D eigenvalue weighted by molar-refractivity contribution is 0.102. The Morgan fingerprint density at radius 3 is 2.57 bits per heavy atom. The Morgan fingerprint density at radius 2 is 1.81 bits per heavy atom. The van der Waals surface area contributed by atoms with E-state index in [2.05, 4.69) is 31.0 Å². The highest BCUT2D eigenvalue weighted by atomic mass is 19.1. The first kappa shape index (κ1) is 25.6. The number of terminal acetylenes is 1. The van der Waals surface area contributed by atoms with Crippen LogP contribution in [-0.2, 0) is 0 Å². The summed E-state index contributed by atoms with van der Waals surface area (Å²) in [4.78, 5) is 25.7. The number of amides is 1. The Morgan fingerprint density at radius 1 is 1.05 bits per heavy atom. The van der Waals surface area contributed by atoms with E-state index in [1.54, 1.807) is 18.3 Å². The zero-order valence-corrected chi connectivity index (χ0v) is 21.1. The second-order valence-electron chi connectivity index (χ2n) is 9.11. The van der Waals surface area contributed by atoms with Crippen LogP contribution < -0.4 is 16.0 Å². The number of hydrogen-bond acceptors (Lipinski definition) is 6. The summed E-state index contributed by atoms with van der Waals surface area (Å²) in [5.41, 5.74) is 9.72. The Bertz CT molecular complexity index is 1490. The van der Waals surface area contributed by atoms with Crippen LogP contribution in [0.3, 0.4) is 0 Å². The second kappa shape index (κ2) is 11.1. The largest absolute Gasteiger partial charge is 0.373 e. The summed E-state index contributed by atoms with van der Waals surface area (Å²) in [6.07, 6.45) is 8.17. The number of anilines is 3. The zero-order valence-electron chi connectivity index (χ0n) is 21.1. The molecule has 4 rings (SSSR count). The number of nitrogens with zero attached hydrogens (tertiary/aromatic N) is 4. The maximum Gasteiger partial charge on any atom is 0.258 e. The van der Waals surface area contributed by atoms with Gasteiger partial charge < -0.3 is 20.9 Å². The number of nitrogens with two attached hydrogens (primary N) is 1. The number of benzene rings is 3. The molecule has 0 saturated carbocycles. The molecule has 1 amide bonds. The molecule has 0 radical (unpaired) electrons. The summed E-state index contributed by atoms with van der Waals surface area (Å²) in [5.74, 6) is 1.61. The van der Waals surface area contributed by atoms with Crippen molar-refractivity contribution in [1.29, 1.82) is 0 Å². The normalized spacial score (nSPS) is 10.9. The van der Waals surface area contributed by atoms with Crippen molar-refractivity contribution in [2.75, 3.05) is 50.2 Å². The minimum atomic E-state index is -0.618. The van der Waals surface area contributed by atoms with E-state index in [0.29, 0.717) is 22.3 Å². The molecule has 7 nitrogen and oxygen atoms in total. The molecule has 188 valence electrons. The summed E-state index contributed by atoms with van der Waals surface area (Å²) in [6, 6.07) is 15.4. The molecule has 0 aliphatic rings. The number of halogens is 1. The maximum absolute atomic E-state index is 14.8. The Balaban J connectivity index is 1.62. The fraction of sp³-hybridized carbons (Fsp3) is 0.207. The van der Waals surface area contributed by atoms with E-state index in [0.717, 1.165) is 36.1 Å². The average molecular weight is 497 g/mol. The summed E-state index contributed by atoms with van der Waals surface area (Å²) >= 11 is 0. The number of carbonyl (C=O) groups excluding carboxylic acids is 1. The number of hydrogen-bond donors (Lipinski definition) is 2. The highest BCUT2D eigenvalue weighted by Crippen LogP contribution is 2.29. The van der Waals surface area contributed by atoms with Gasteiger partial charge in [-0.3, -0.25) is 4.79 Å². The molecule has 0 unspecified atom stereocenters. The molecule has 37 heavy (non-hydrogen) atoms. The third kappa shape index (κ3) is 6.02. The predicted molar refractivity (Wildman–Crippen MR) is 148 cm³/mol. The topological polar surface area (TPSA) is 87.4 Å². The molecule has 0 bridgehead atoms. The number of rotatable bonds is 8. The van der Waals surface area contributed by atoms with Gasteiger partial charge in [0, 0.05) is 30.7 Å². The van der Waals surface area contributed by atoms with Crippen molar-refractivity contribution in [3.05, 3.63) is 77.7 Å². The van der Waals surface area contributed by atoms with Gasteiger partial charge >= 0.3 is 0 Å². The summed E-state index contributed by atoms with van der Waals surface area (Å²) in [6.45, 7) is 1.71. The van der Waals surface area contributed by atoms with Crippen LogP contribution in [-0.4, -0.2) is 55.0 Å². The van der Waals surface area contributed by atoms with Crippen LogP contribution in [0.4, 0.5) is 21.7 Å². The quantitative estimate of drug-likeness (QED) is 0.346. The van der Waals surface area contributed by atoms with Crippen LogP contribution >= 0.6 is 0 Å². The van der Waals surface area contributed by atoms with Gasteiger partial charge in [-0.25, -0.2) is 14.4 Å². The highest BCUT2D eigenvalue weighted by Gasteiger charge is 2.17. The molecule has 0 aliphatic carbocycles. The third-order valence-corrected chi connectivity index (χ3v) is 6.06. The Hall–Kier alpha value is -4.48. The van der Waals surface area contributed by atoms with Crippen molar-refractivity contribution in [1.82, 2.24) is 14.9 Å². The molecule has 3 aromatic carbocycles. The monoisotopic (exact) mass is 496 g/mol. The highest BCUT2D eigenvalue weighted by molar-refractivity contribution is 6.07. The number of nitrogen functional groups attached to an aromatic ring is 1. The molecule has 0 atom stereocenters. The van der Waals surface area contributed by atoms with E-state index in [1.807, 2.05) is 51.5 Å². The minimum Gasteiger partial charge on any atom is -0.373 e. The zero-order chi connectivity index (χ0) is 26.5. The van der Waals surface area contributed by atoms with Crippen molar-refractivity contribution in [2.45, 2.75) is 6.42 Å². The lowest BCUT2D eigenvalue weighted by Gasteiger charge is -2.24. The van der Waals surface area contributed by atoms with Gasteiger partial charge in [0.15, 0.2) is 0 Å². The SMILES string of the molecule is C#Cc1ccc(N(C)CCCN(C)C)c(NC(=O)c2cc(-c3ccc4nc(N)ncc4c3)ccc2F)c1. The van der Waals surface area contributed by atoms with E-state index in [1.165, 1.54) is 12.1 Å². The number of nitrogens with one attached hydrogen (secondary N) is 1. The van der Waals surface area contributed by atoms with Gasteiger partial charge in [-0.1, -0.05) is 18.1 Å². The first-order valence-electron chi connectivity index (χ1n) is 11.8. The van der Waals surface area contributed by atoms with Crippen molar-refractivity contribution in [2.24, 2.45) is 0 Å². The van der Waals surface area contributed by atoms with Gasteiger partial charge in [0.05, 0.1) is 22.5 Å². The van der Waals surface area contributed by atoms with Crippen LogP contribution in [0.25, 0.3) is 22.0 Å². The van der Waals surface area contributed by atoms with Crippen LogP contribution in [0.2, 0.25) is 0 Å². The van der Waals surface area contributed by atoms with Gasteiger partial charge in [-0.15, -0.1) is 6.42 Å². The Kier molecular flexibility index (Phi) is 7.66. The molecular weight excluding hydrogens is 467 g/mol. The predicted octanol–water partition coefficient (Wildman–Crippen LogP) is 4.64. The lowest BCUT2D eigenvalue weighted by atomic mass is 10.0. The molecule has 0 spiro atoms. The van der Waals surface area contributed by atoms with E-state index >= 15 is 0 Å². The van der Waals surface area contributed by atoms with Gasteiger partial charge in [0.2, 0.25) is 5.95 Å². The molecule has 1 aromatic heterocycles. The standard InChI is InChI=1S/C29H29FN6O/c1-5-19-7-12-27(36(4)14-6-13-35(2)3)26(15-19)33-28(37)23-17-21(8-10-24(23)30)20-9-11-25-22(16-20)18-32-29(31)34-25/h1,7-12,15-18H,6,13-14H2,2-4H3,(H,33,37)(H2,31,32,34). The first-order chi connectivity index (χ1) is 17.7. The molecule has 0 saturated heterocycles. The fourth-order valence-corrected chi connectivity index (χ4v) is 4.10. The number of aromatic nitrogens is 2. The molecule has 3 N–H and O–H groups in total. The number of carbonyl (C=O) groups is 1. The average Bonchev–Trinajstić information content (AvgIpc) is 2.88. The van der Waals surface area contributed by atoms with E-state index in [9.17, 15) is 9.18 Å². The van der Waals surface area contributed by atoms with Gasteiger partial charge in [0.25, 0.3) is 5.91 Å². The summed E-state index contributed by atoms with van der Waals surface area (Å²) in [5, 5.41) is 3.66. The smallest absolute Gasteiger partial charge is 0.258 e. The van der Waals surface area contributed by atoms with Crippen LogP contribution in [0.15, 0.2) is 60.8 Å². The van der Waals surface area contributed by atoms with Crippen LogP contribution in [0, 0.1) is 18.2 Å². The van der Waals surface area contributed by atoms with Crippen molar-refractivity contribution in [3.63, 3.8) is 0 Å². The fourth-order valence-electron chi connectivity index (χ4n) is 4.10. The van der Waals surface area contributed by atoms with Crippen molar-refractivity contribution < 1.29 is 9.18 Å². The first-order valence-corrected chi connectivity index (χ1v) is 11.8. The summed E-state index contributed by atoms with van der Waals surface area (Å²) < 4.78 is 14.8.